The Balaban J connectivity index is 1.58. The summed E-state index contributed by atoms with van der Waals surface area (Å²) in [5.74, 6) is 0.542. The Morgan fingerprint density at radius 1 is 1.13 bits per heavy atom. The van der Waals surface area contributed by atoms with Crippen molar-refractivity contribution >= 4 is 40.9 Å². The van der Waals surface area contributed by atoms with Gasteiger partial charge in [-0.25, -0.2) is 0 Å². The summed E-state index contributed by atoms with van der Waals surface area (Å²) in [7, 11) is 0. The number of nitrogens with one attached hydrogen (secondary N) is 1. The van der Waals surface area contributed by atoms with E-state index in [0.717, 1.165) is 18.9 Å². The number of hydrogen-bond acceptors (Lipinski definition) is 4. The molecule has 0 saturated carbocycles. The first-order chi connectivity index (χ1) is 18.2. The monoisotopic (exact) mass is 564 g/mol. The van der Waals surface area contributed by atoms with Gasteiger partial charge < -0.3 is 10.1 Å². The molecule has 4 rings (SSSR count). The van der Waals surface area contributed by atoms with Crippen LogP contribution in [-0.4, -0.2) is 35.2 Å². The average molecular weight is 565 g/mol. The minimum atomic E-state index is -4.43. The van der Waals surface area contributed by atoms with Gasteiger partial charge in [-0.15, -0.1) is 11.8 Å². The number of amides is 2. The van der Waals surface area contributed by atoms with Gasteiger partial charge in [0.15, 0.2) is 0 Å². The molecule has 5 nitrogen and oxygen atoms in total. The van der Waals surface area contributed by atoms with Crippen molar-refractivity contribution in [2.75, 3.05) is 11.4 Å². The van der Waals surface area contributed by atoms with Gasteiger partial charge in [0.2, 0.25) is 11.8 Å². The van der Waals surface area contributed by atoms with Gasteiger partial charge in [0.05, 0.1) is 5.25 Å². The standard InChI is InChI=1S/C28H28ClF3N2O3S/c1-2-3-15-33-25(35)17-24-26(36)34(27(38-24)18-5-4-6-19(16-18)28(30,31)32)21-9-13-23(14-10-21)37-22-11-7-20(29)8-12-22/h5,7-14,16,24,27H,2-4,6,15,17H2,1H3,(H,33,35). The van der Waals surface area contributed by atoms with Gasteiger partial charge in [0.1, 0.15) is 16.9 Å². The summed E-state index contributed by atoms with van der Waals surface area (Å²) < 4.78 is 46.3. The van der Waals surface area contributed by atoms with E-state index in [1.807, 2.05) is 6.92 Å². The van der Waals surface area contributed by atoms with Gasteiger partial charge in [-0.2, -0.15) is 13.2 Å². The molecular formula is C28H28ClF3N2O3S. The van der Waals surface area contributed by atoms with Crippen LogP contribution in [0.5, 0.6) is 11.5 Å². The number of allylic oxidation sites excluding steroid dienone is 2. The number of thioether (sulfide) groups is 1. The molecular weight excluding hydrogens is 537 g/mol. The van der Waals surface area contributed by atoms with Crippen LogP contribution in [0.25, 0.3) is 0 Å². The zero-order valence-corrected chi connectivity index (χ0v) is 22.3. The predicted octanol–water partition coefficient (Wildman–Crippen LogP) is 7.42. The van der Waals surface area contributed by atoms with Crippen molar-refractivity contribution in [2.24, 2.45) is 0 Å². The van der Waals surface area contributed by atoms with Crippen LogP contribution in [0.3, 0.4) is 0 Å². The molecule has 0 aromatic heterocycles. The average Bonchev–Trinajstić information content (AvgIpc) is 3.21. The molecule has 0 bridgehead atoms. The fourth-order valence-electron chi connectivity index (χ4n) is 4.25. The van der Waals surface area contributed by atoms with Crippen molar-refractivity contribution in [3.05, 3.63) is 76.9 Å². The van der Waals surface area contributed by atoms with Gasteiger partial charge in [-0.1, -0.05) is 31.0 Å². The lowest BCUT2D eigenvalue weighted by Gasteiger charge is -2.27. The van der Waals surface area contributed by atoms with Crippen LogP contribution in [0, 0.1) is 0 Å². The molecule has 0 spiro atoms. The molecule has 2 aromatic carbocycles. The fourth-order valence-corrected chi connectivity index (χ4v) is 5.84. The Bertz CT molecular complexity index is 1210. The van der Waals surface area contributed by atoms with Crippen molar-refractivity contribution in [3.63, 3.8) is 0 Å². The summed E-state index contributed by atoms with van der Waals surface area (Å²) in [6.45, 7) is 2.53. The molecule has 1 fully saturated rings. The zero-order valence-electron chi connectivity index (χ0n) is 20.8. The van der Waals surface area contributed by atoms with E-state index in [-0.39, 0.29) is 31.1 Å². The number of carbonyl (C=O) groups excluding carboxylic acids is 2. The maximum Gasteiger partial charge on any atom is 0.412 e. The number of nitrogens with zero attached hydrogens (tertiary/aromatic N) is 1. The van der Waals surface area contributed by atoms with Gasteiger partial charge >= 0.3 is 6.18 Å². The van der Waals surface area contributed by atoms with Crippen LogP contribution in [0.2, 0.25) is 5.02 Å². The summed E-state index contributed by atoms with van der Waals surface area (Å²) in [4.78, 5) is 27.5. The third-order valence-corrected chi connectivity index (χ3v) is 7.90. The fraction of sp³-hybridized carbons (Fsp3) is 0.357. The molecule has 2 aliphatic rings. The molecule has 1 N–H and O–H groups in total. The van der Waals surface area contributed by atoms with Crippen molar-refractivity contribution in [3.8, 4) is 11.5 Å². The molecule has 1 heterocycles. The number of carbonyl (C=O) groups is 2. The highest BCUT2D eigenvalue weighted by Crippen LogP contribution is 2.44. The Hall–Kier alpha value is -2.91. The molecule has 0 radical (unpaired) electrons. The number of benzene rings is 2. The first-order valence-corrected chi connectivity index (χ1v) is 13.7. The SMILES string of the molecule is CCCCNC(=O)CC1SC(C2=CCCC(C(F)(F)F)=C2)N(c2ccc(Oc3ccc(Cl)cc3)cc2)C1=O. The van der Waals surface area contributed by atoms with E-state index in [4.69, 9.17) is 16.3 Å². The molecule has 202 valence electrons. The number of anilines is 1. The van der Waals surface area contributed by atoms with E-state index in [0.29, 0.717) is 34.3 Å². The van der Waals surface area contributed by atoms with Crippen LogP contribution in [-0.2, 0) is 9.59 Å². The highest BCUT2D eigenvalue weighted by atomic mass is 35.5. The third-order valence-electron chi connectivity index (χ3n) is 6.21. The summed E-state index contributed by atoms with van der Waals surface area (Å²) in [5.41, 5.74) is 0.311. The normalized spacial score (nSPS) is 19.7. The zero-order chi connectivity index (χ0) is 27.3. The number of alkyl halides is 3. The molecule has 1 aliphatic carbocycles. The molecule has 1 saturated heterocycles. The second-order valence-corrected chi connectivity index (χ2v) is 10.8. The second-order valence-electron chi connectivity index (χ2n) is 9.05. The van der Waals surface area contributed by atoms with Crippen LogP contribution in [0.1, 0.15) is 39.0 Å². The van der Waals surface area contributed by atoms with E-state index in [2.05, 4.69) is 5.32 Å². The Morgan fingerprint density at radius 3 is 2.42 bits per heavy atom. The summed E-state index contributed by atoms with van der Waals surface area (Å²) in [6, 6.07) is 13.6. The van der Waals surface area contributed by atoms with Crippen molar-refractivity contribution in [1.29, 1.82) is 0 Å². The molecule has 1 aliphatic heterocycles. The highest BCUT2D eigenvalue weighted by molar-refractivity contribution is 8.02. The van der Waals surface area contributed by atoms with Crippen LogP contribution >= 0.6 is 23.4 Å². The number of halogens is 4. The molecule has 38 heavy (non-hydrogen) atoms. The minimum absolute atomic E-state index is 0.0406. The van der Waals surface area contributed by atoms with Crippen molar-refractivity contribution in [1.82, 2.24) is 5.32 Å². The number of ether oxygens (including phenoxy) is 1. The second kappa shape index (κ2) is 12.3. The maximum absolute atomic E-state index is 13.5. The number of rotatable bonds is 9. The van der Waals surface area contributed by atoms with Crippen molar-refractivity contribution < 1.29 is 27.5 Å². The predicted molar refractivity (Wildman–Crippen MR) is 145 cm³/mol. The van der Waals surface area contributed by atoms with E-state index < -0.39 is 22.4 Å². The summed E-state index contributed by atoms with van der Waals surface area (Å²) in [6.07, 6.45) is 0.297. The van der Waals surface area contributed by atoms with E-state index in [1.165, 1.54) is 16.7 Å². The number of hydrogen-bond donors (Lipinski definition) is 1. The van der Waals surface area contributed by atoms with Crippen LogP contribution in [0.15, 0.2) is 71.8 Å². The molecule has 2 atom stereocenters. The lowest BCUT2D eigenvalue weighted by Crippen LogP contribution is -2.37. The molecule has 10 heteroatoms. The molecule has 2 aromatic rings. The summed E-state index contributed by atoms with van der Waals surface area (Å²) in [5, 5.41) is 2.00. The highest BCUT2D eigenvalue weighted by Gasteiger charge is 2.44. The smallest absolute Gasteiger partial charge is 0.412 e. The number of unbranched alkanes of at least 4 members (excludes halogenated alkanes) is 1. The Morgan fingerprint density at radius 2 is 1.79 bits per heavy atom. The van der Waals surface area contributed by atoms with Crippen LogP contribution < -0.4 is 15.0 Å². The van der Waals surface area contributed by atoms with Gasteiger partial charge in [0.25, 0.3) is 0 Å². The van der Waals surface area contributed by atoms with Gasteiger partial charge in [0, 0.05) is 29.2 Å². The summed E-state index contributed by atoms with van der Waals surface area (Å²) >= 11 is 7.13. The largest absolute Gasteiger partial charge is 0.457 e. The third kappa shape index (κ3) is 6.94. The van der Waals surface area contributed by atoms with E-state index in [9.17, 15) is 22.8 Å². The molecule has 2 amide bonds. The van der Waals surface area contributed by atoms with E-state index >= 15 is 0 Å². The van der Waals surface area contributed by atoms with Crippen LogP contribution in [0.4, 0.5) is 18.9 Å². The maximum atomic E-state index is 13.5. The Labute approximate surface area is 229 Å². The minimum Gasteiger partial charge on any atom is -0.457 e. The lowest BCUT2D eigenvalue weighted by molar-refractivity contribution is -0.124. The van der Waals surface area contributed by atoms with Crippen molar-refractivity contribution in [2.45, 2.75) is 55.8 Å². The van der Waals surface area contributed by atoms with E-state index in [1.54, 1.807) is 54.6 Å². The van der Waals surface area contributed by atoms with Gasteiger partial charge in [-0.3, -0.25) is 14.5 Å². The topological polar surface area (TPSA) is 58.6 Å². The Kier molecular flexibility index (Phi) is 9.10. The van der Waals surface area contributed by atoms with Gasteiger partial charge in [-0.05, 0) is 79.4 Å². The molecule has 2 unspecified atom stereocenters. The first-order valence-electron chi connectivity index (χ1n) is 12.4. The quantitative estimate of drug-likeness (QED) is 0.322. The lowest BCUT2D eigenvalue weighted by atomic mass is 9.98. The first kappa shape index (κ1) is 28.1.